The van der Waals surface area contributed by atoms with Gasteiger partial charge < -0.3 is 15.4 Å². The molecule has 10 heteroatoms. The van der Waals surface area contributed by atoms with Gasteiger partial charge in [0.25, 0.3) is 0 Å². The minimum atomic E-state index is -4.76. The minimum absolute atomic E-state index is 0.000984. The summed E-state index contributed by atoms with van der Waals surface area (Å²) in [6.07, 6.45) is -3.09. The fourth-order valence-corrected chi connectivity index (χ4v) is 4.94. The van der Waals surface area contributed by atoms with Gasteiger partial charge in [-0.05, 0) is 49.7 Å². The first-order valence-corrected chi connectivity index (χ1v) is 11.6. The number of halogens is 3. The fraction of sp³-hybridized carbons (Fsp3) is 0.440. The van der Waals surface area contributed by atoms with Crippen LogP contribution >= 0.6 is 0 Å². The summed E-state index contributed by atoms with van der Waals surface area (Å²) in [4.78, 5) is 29.6. The van der Waals surface area contributed by atoms with Crippen LogP contribution in [0.2, 0.25) is 0 Å². The molecule has 2 aliphatic rings. The third-order valence-electron chi connectivity index (χ3n) is 6.63. The van der Waals surface area contributed by atoms with E-state index < -0.39 is 12.4 Å². The van der Waals surface area contributed by atoms with Crippen molar-refractivity contribution in [2.75, 3.05) is 25.5 Å². The lowest BCUT2D eigenvalue weighted by atomic mass is 10.0. The van der Waals surface area contributed by atoms with E-state index in [1.165, 1.54) is 18.2 Å². The number of ether oxygens (including phenoxy) is 1. The first kappa shape index (κ1) is 25.0. The molecule has 0 spiro atoms. The number of likely N-dealkylation sites (tertiary alicyclic amines) is 1. The molecule has 0 unspecified atom stereocenters. The Labute approximate surface area is 202 Å². The van der Waals surface area contributed by atoms with Crippen molar-refractivity contribution in [3.63, 3.8) is 0 Å². The molecule has 2 aliphatic heterocycles. The summed E-state index contributed by atoms with van der Waals surface area (Å²) in [6, 6.07) is 14.6. The average molecular weight is 491 g/mol. The quantitative estimate of drug-likeness (QED) is 0.623. The van der Waals surface area contributed by atoms with Gasteiger partial charge in [0.1, 0.15) is 11.8 Å². The maximum Gasteiger partial charge on any atom is 0.573 e. The lowest BCUT2D eigenvalue weighted by Gasteiger charge is -2.33. The Morgan fingerprint density at radius 1 is 1.17 bits per heavy atom. The first-order valence-electron chi connectivity index (χ1n) is 11.6. The Balaban J connectivity index is 1.37. The monoisotopic (exact) mass is 490 g/mol. The summed E-state index contributed by atoms with van der Waals surface area (Å²) in [7, 11) is 1.97. The van der Waals surface area contributed by atoms with Crippen LogP contribution in [0.3, 0.4) is 0 Å². The standard InChI is InChI=1S/C25H29F3N4O3/c1-31-19(10-11-22(33)30-18-7-3-2-4-8-18)15-29-24(34)23-21(31)12-13-32(23)16-17-6-5-9-20(14-17)35-25(26,27)28/h2-9,14,19,21,23H,10-13,15-16H2,1H3,(H,29,34)(H,30,33)/t19-,21+,23-/m0/s1. The van der Waals surface area contributed by atoms with Gasteiger partial charge in [0.05, 0.1) is 0 Å². The van der Waals surface area contributed by atoms with Gasteiger partial charge >= 0.3 is 6.36 Å². The lowest BCUT2D eigenvalue weighted by molar-refractivity contribution is -0.274. The van der Waals surface area contributed by atoms with Crippen molar-refractivity contribution in [1.82, 2.24) is 15.1 Å². The molecule has 7 nitrogen and oxygen atoms in total. The zero-order valence-electron chi connectivity index (χ0n) is 19.4. The van der Waals surface area contributed by atoms with Gasteiger partial charge in [-0.15, -0.1) is 13.2 Å². The number of benzene rings is 2. The molecule has 35 heavy (non-hydrogen) atoms. The average Bonchev–Trinajstić information content (AvgIpc) is 3.17. The van der Waals surface area contributed by atoms with E-state index in [-0.39, 0.29) is 29.6 Å². The molecule has 0 aliphatic carbocycles. The Hall–Kier alpha value is -3.11. The topological polar surface area (TPSA) is 73.9 Å². The number of anilines is 1. The van der Waals surface area contributed by atoms with Crippen LogP contribution in [0.1, 0.15) is 24.8 Å². The van der Waals surface area contributed by atoms with Gasteiger partial charge in [0.2, 0.25) is 11.8 Å². The normalized spacial score (nSPS) is 23.3. The minimum Gasteiger partial charge on any atom is -0.406 e. The number of nitrogens with zero attached hydrogens (tertiary/aromatic N) is 2. The summed E-state index contributed by atoms with van der Waals surface area (Å²) < 4.78 is 41.8. The second kappa shape index (κ2) is 10.7. The number of likely N-dealkylation sites (N-methyl/N-ethyl adjacent to an activating group) is 1. The van der Waals surface area contributed by atoms with Crippen LogP contribution in [0, 0.1) is 0 Å². The molecule has 0 radical (unpaired) electrons. The Kier molecular flexibility index (Phi) is 7.61. The molecule has 2 amide bonds. The number of fused-ring (bicyclic) bond motifs is 1. The number of carbonyl (C=O) groups is 2. The number of nitrogens with one attached hydrogen (secondary N) is 2. The Bertz CT molecular complexity index is 1030. The number of hydrogen-bond acceptors (Lipinski definition) is 5. The van der Waals surface area contributed by atoms with E-state index in [1.807, 2.05) is 42.3 Å². The summed E-state index contributed by atoms with van der Waals surface area (Å²) in [5.41, 5.74) is 1.39. The van der Waals surface area contributed by atoms with Crippen LogP contribution < -0.4 is 15.4 Å². The molecule has 2 heterocycles. The molecule has 2 fully saturated rings. The molecular formula is C25H29F3N4O3. The lowest BCUT2D eigenvalue weighted by Crippen LogP contribution is -2.49. The predicted octanol–water partition coefficient (Wildman–Crippen LogP) is 3.38. The number of para-hydroxylation sites is 1. The van der Waals surface area contributed by atoms with E-state index in [0.717, 1.165) is 12.1 Å². The highest BCUT2D eigenvalue weighted by Crippen LogP contribution is 2.30. The Morgan fingerprint density at radius 2 is 1.94 bits per heavy atom. The molecule has 188 valence electrons. The maximum atomic E-state index is 13.0. The van der Waals surface area contributed by atoms with Crippen molar-refractivity contribution in [1.29, 1.82) is 0 Å². The van der Waals surface area contributed by atoms with Gasteiger partial charge in [0.15, 0.2) is 0 Å². The molecule has 0 bridgehead atoms. The molecule has 0 aromatic heterocycles. The molecule has 2 saturated heterocycles. The van der Waals surface area contributed by atoms with Crippen LogP contribution in [0.4, 0.5) is 18.9 Å². The van der Waals surface area contributed by atoms with Gasteiger partial charge in [-0.25, -0.2) is 0 Å². The summed E-state index contributed by atoms with van der Waals surface area (Å²) in [5, 5.41) is 5.89. The SMILES string of the molecule is CN1[C@@H](CCC(=O)Nc2ccccc2)CNC(=O)[C@@H]2[C@H]1CCN2Cc1cccc(OC(F)(F)F)c1. The highest BCUT2D eigenvalue weighted by molar-refractivity contribution is 5.90. The molecule has 0 saturated carbocycles. The molecule has 2 aromatic carbocycles. The fourth-order valence-electron chi connectivity index (χ4n) is 4.94. The molecule has 3 atom stereocenters. The van der Waals surface area contributed by atoms with E-state index in [4.69, 9.17) is 0 Å². The highest BCUT2D eigenvalue weighted by Gasteiger charge is 2.45. The Morgan fingerprint density at radius 3 is 2.69 bits per heavy atom. The van der Waals surface area contributed by atoms with Crippen molar-refractivity contribution in [3.05, 3.63) is 60.2 Å². The molecule has 2 N–H and O–H groups in total. The van der Waals surface area contributed by atoms with Crippen LogP contribution in [0.5, 0.6) is 5.75 Å². The number of amides is 2. The highest BCUT2D eigenvalue weighted by atomic mass is 19.4. The van der Waals surface area contributed by atoms with Gasteiger partial charge in [-0.2, -0.15) is 0 Å². The number of rotatable bonds is 7. The van der Waals surface area contributed by atoms with Gasteiger partial charge in [0, 0.05) is 43.8 Å². The third-order valence-corrected chi connectivity index (χ3v) is 6.63. The van der Waals surface area contributed by atoms with Crippen molar-refractivity contribution in [2.24, 2.45) is 0 Å². The zero-order chi connectivity index (χ0) is 25.0. The van der Waals surface area contributed by atoms with E-state index in [0.29, 0.717) is 38.0 Å². The van der Waals surface area contributed by atoms with E-state index in [1.54, 1.807) is 6.07 Å². The molecular weight excluding hydrogens is 461 g/mol. The van der Waals surface area contributed by atoms with Gasteiger partial charge in [-0.1, -0.05) is 30.3 Å². The zero-order valence-corrected chi connectivity index (χ0v) is 19.4. The number of hydrogen-bond donors (Lipinski definition) is 2. The van der Waals surface area contributed by atoms with Crippen molar-refractivity contribution >= 4 is 17.5 Å². The van der Waals surface area contributed by atoms with Crippen LogP contribution in [-0.4, -0.2) is 66.2 Å². The summed E-state index contributed by atoms with van der Waals surface area (Å²) in [5.74, 6) is -0.453. The van der Waals surface area contributed by atoms with Gasteiger partial charge in [-0.3, -0.25) is 19.4 Å². The van der Waals surface area contributed by atoms with Crippen LogP contribution in [0.25, 0.3) is 0 Å². The van der Waals surface area contributed by atoms with Crippen LogP contribution in [0.15, 0.2) is 54.6 Å². The van der Waals surface area contributed by atoms with E-state index in [2.05, 4.69) is 20.3 Å². The second-order valence-electron chi connectivity index (χ2n) is 8.98. The summed E-state index contributed by atoms with van der Waals surface area (Å²) in [6.45, 7) is 1.41. The van der Waals surface area contributed by atoms with Crippen molar-refractivity contribution in [2.45, 2.75) is 50.3 Å². The molecule has 2 aromatic rings. The van der Waals surface area contributed by atoms with E-state index >= 15 is 0 Å². The second-order valence-corrected chi connectivity index (χ2v) is 8.98. The smallest absolute Gasteiger partial charge is 0.406 e. The first-order chi connectivity index (χ1) is 16.7. The number of alkyl halides is 3. The third kappa shape index (κ3) is 6.52. The van der Waals surface area contributed by atoms with E-state index in [9.17, 15) is 22.8 Å². The predicted molar refractivity (Wildman–Crippen MR) is 125 cm³/mol. The van der Waals surface area contributed by atoms with Crippen LogP contribution in [-0.2, 0) is 16.1 Å². The number of carbonyl (C=O) groups excluding carboxylic acids is 2. The maximum absolute atomic E-state index is 13.0. The van der Waals surface area contributed by atoms with Crippen molar-refractivity contribution < 1.29 is 27.5 Å². The largest absolute Gasteiger partial charge is 0.573 e. The van der Waals surface area contributed by atoms with Crippen molar-refractivity contribution in [3.8, 4) is 5.75 Å². The summed E-state index contributed by atoms with van der Waals surface area (Å²) >= 11 is 0. The molecule has 4 rings (SSSR count).